The number of hydrogen-bond donors (Lipinski definition) is 1. The molecule has 0 aromatic carbocycles. The van der Waals surface area contributed by atoms with Gasteiger partial charge in [0.25, 0.3) is 0 Å². The molecule has 1 atom stereocenters. The Hall–Kier alpha value is 0.177. The van der Waals surface area contributed by atoms with Crippen LogP contribution in [0.15, 0.2) is 0 Å². The van der Waals surface area contributed by atoms with Gasteiger partial charge in [0.1, 0.15) is 0 Å². The summed E-state index contributed by atoms with van der Waals surface area (Å²) in [5.41, 5.74) is 0.606. The zero-order valence-electron chi connectivity index (χ0n) is 7.10. The number of hydrogen-bond acceptors (Lipinski definition) is 1. The Morgan fingerprint density at radius 2 is 1.44 bits per heavy atom. The lowest BCUT2D eigenvalue weighted by atomic mass is 10.6. The molecule has 2 heteroatoms. The van der Waals surface area contributed by atoms with E-state index >= 15 is 0 Å². The number of aliphatic hydroxyl groups is 1. The maximum absolute atomic E-state index is 9.31. The van der Waals surface area contributed by atoms with Gasteiger partial charge in [0.2, 0.25) is 0 Å². The normalized spacial score (nSPS) is 16.3. The van der Waals surface area contributed by atoms with Gasteiger partial charge in [-0.15, -0.1) is 0 Å². The monoisotopic (exact) mass is 146 g/mol. The maximum atomic E-state index is 9.31. The molecule has 0 aromatic rings. The molecule has 1 unspecified atom stereocenters. The molecule has 0 spiro atoms. The molecule has 0 aliphatic carbocycles. The van der Waals surface area contributed by atoms with Crippen molar-refractivity contribution >= 4 is 8.07 Å². The van der Waals surface area contributed by atoms with Crippen LogP contribution in [0.25, 0.3) is 0 Å². The largest absolute Gasteiger partial charge is 0.397 e. The quantitative estimate of drug-likeness (QED) is 0.591. The summed E-state index contributed by atoms with van der Waals surface area (Å²) < 4.78 is 0. The molecule has 0 saturated carbocycles. The van der Waals surface area contributed by atoms with Crippen LogP contribution >= 0.6 is 0 Å². The van der Waals surface area contributed by atoms with Gasteiger partial charge in [0.15, 0.2) is 0 Å². The van der Waals surface area contributed by atoms with Crippen LogP contribution in [-0.4, -0.2) is 18.9 Å². The Balaban J connectivity index is 4.01. The third kappa shape index (κ3) is 2.10. The van der Waals surface area contributed by atoms with E-state index in [9.17, 15) is 5.11 Å². The van der Waals surface area contributed by atoms with Crippen LogP contribution < -0.4 is 0 Å². The molecular weight excluding hydrogens is 128 g/mol. The third-order valence-corrected chi connectivity index (χ3v) is 7.69. The van der Waals surface area contributed by atoms with Gasteiger partial charge in [-0.3, -0.25) is 0 Å². The van der Waals surface area contributed by atoms with Crippen LogP contribution in [0, 0.1) is 0 Å². The Bertz CT molecular complexity index is 76.9. The predicted molar refractivity (Wildman–Crippen MR) is 44.3 cm³/mol. The second-order valence-electron chi connectivity index (χ2n) is 3.65. The van der Waals surface area contributed by atoms with Crippen molar-refractivity contribution in [3.63, 3.8) is 0 Å². The first-order valence-corrected chi connectivity index (χ1v) is 6.72. The smallest absolute Gasteiger partial charge is 0.0833 e. The third-order valence-electron chi connectivity index (χ3n) is 2.56. The molecule has 0 bridgehead atoms. The van der Waals surface area contributed by atoms with E-state index in [2.05, 4.69) is 26.9 Å². The lowest BCUT2D eigenvalue weighted by Gasteiger charge is -2.29. The average molecular weight is 146 g/mol. The highest BCUT2D eigenvalue weighted by atomic mass is 28.3. The first kappa shape index (κ1) is 9.18. The molecule has 9 heavy (non-hydrogen) atoms. The SMILES string of the molecule is CC(C)[Si](C)(C)C(C)O. The lowest BCUT2D eigenvalue weighted by Crippen LogP contribution is -2.42. The molecule has 0 fully saturated rings. The molecule has 0 saturated heterocycles. The molecule has 1 N–H and O–H groups in total. The number of aliphatic hydroxyl groups excluding tert-OH is 1. The topological polar surface area (TPSA) is 20.2 Å². The predicted octanol–water partition coefficient (Wildman–Crippen LogP) is 2.02. The maximum Gasteiger partial charge on any atom is 0.0833 e. The van der Waals surface area contributed by atoms with Crippen molar-refractivity contribution in [1.82, 2.24) is 0 Å². The van der Waals surface area contributed by atoms with Crippen molar-refractivity contribution in [2.24, 2.45) is 0 Å². The molecule has 0 heterocycles. The van der Waals surface area contributed by atoms with E-state index in [0.29, 0.717) is 5.54 Å². The molecule has 0 amide bonds. The van der Waals surface area contributed by atoms with Gasteiger partial charge in [-0.25, -0.2) is 0 Å². The van der Waals surface area contributed by atoms with Gasteiger partial charge >= 0.3 is 0 Å². The first-order chi connectivity index (χ1) is 3.89. The van der Waals surface area contributed by atoms with Crippen molar-refractivity contribution in [3.05, 3.63) is 0 Å². The molecule has 1 nitrogen and oxygen atoms in total. The van der Waals surface area contributed by atoms with Crippen molar-refractivity contribution < 1.29 is 5.11 Å². The molecule has 0 rings (SSSR count). The summed E-state index contributed by atoms with van der Waals surface area (Å²) >= 11 is 0. The summed E-state index contributed by atoms with van der Waals surface area (Å²) in [5.74, 6) is 0. The molecule has 0 aliphatic heterocycles. The van der Waals surface area contributed by atoms with Gasteiger partial charge in [-0.1, -0.05) is 26.9 Å². The van der Waals surface area contributed by atoms with Gasteiger partial charge < -0.3 is 5.11 Å². The molecule has 0 aromatic heterocycles. The van der Waals surface area contributed by atoms with Crippen LogP contribution in [0.5, 0.6) is 0 Å². The molecular formula is C7H18OSi. The Morgan fingerprint density at radius 3 is 1.44 bits per heavy atom. The van der Waals surface area contributed by atoms with Gasteiger partial charge in [-0.2, -0.15) is 0 Å². The minimum Gasteiger partial charge on any atom is -0.397 e. The summed E-state index contributed by atoms with van der Waals surface area (Å²) in [7, 11) is -1.30. The zero-order chi connectivity index (χ0) is 7.65. The Labute approximate surface area is 59.1 Å². The highest BCUT2D eigenvalue weighted by molar-refractivity contribution is 6.79. The summed E-state index contributed by atoms with van der Waals surface area (Å²) in [4.78, 5) is 0. The van der Waals surface area contributed by atoms with Gasteiger partial charge in [-0.05, 0) is 12.5 Å². The first-order valence-electron chi connectivity index (χ1n) is 3.57. The standard InChI is InChI=1S/C7H18OSi/c1-6(2)9(4,5)7(3)8/h6-8H,1-5H3. The molecule has 0 aliphatic rings. The summed E-state index contributed by atoms with van der Waals surface area (Å²) in [5, 5.41) is 9.31. The van der Waals surface area contributed by atoms with Crippen molar-refractivity contribution in [1.29, 1.82) is 0 Å². The van der Waals surface area contributed by atoms with Gasteiger partial charge in [0.05, 0.1) is 8.07 Å². The fourth-order valence-electron chi connectivity index (χ4n) is 0.482. The minimum atomic E-state index is -1.30. The van der Waals surface area contributed by atoms with E-state index in [-0.39, 0.29) is 5.73 Å². The highest BCUT2D eigenvalue weighted by Crippen LogP contribution is 2.23. The lowest BCUT2D eigenvalue weighted by molar-refractivity contribution is 0.261. The van der Waals surface area contributed by atoms with Crippen molar-refractivity contribution in [3.8, 4) is 0 Å². The van der Waals surface area contributed by atoms with E-state index in [4.69, 9.17) is 0 Å². The molecule has 56 valence electrons. The van der Waals surface area contributed by atoms with Crippen molar-refractivity contribution in [2.45, 2.75) is 45.1 Å². The second-order valence-corrected chi connectivity index (χ2v) is 9.29. The zero-order valence-corrected chi connectivity index (χ0v) is 8.10. The van der Waals surface area contributed by atoms with Crippen LogP contribution in [0.2, 0.25) is 18.6 Å². The van der Waals surface area contributed by atoms with Crippen molar-refractivity contribution in [2.75, 3.05) is 0 Å². The molecule has 0 radical (unpaired) electrons. The number of rotatable bonds is 2. The summed E-state index contributed by atoms with van der Waals surface area (Å²) in [6.07, 6.45) is 0. The van der Waals surface area contributed by atoms with E-state index in [1.807, 2.05) is 6.92 Å². The van der Waals surface area contributed by atoms with Crippen LogP contribution in [0.1, 0.15) is 20.8 Å². The van der Waals surface area contributed by atoms with Crippen LogP contribution in [0.3, 0.4) is 0 Å². The fraction of sp³-hybridized carbons (Fsp3) is 1.00. The second kappa shape index (κ2) is 2.84. The summed E-state index contributed by atoms with van der Waals surface area (Å²) in [6, 6.07) is 0. The van der Waals surface area contributed by atoms with E-state index < -0.39 is 8.07 Å². The summed E-state index contributed by atoms with van der Waals surface area (Å²) in [6.45, 7) is 10.7. The fourth-order valence-corrected chi connectivity index (χ4v) is 1.45. The Kier molecular flexibility index (Phi) is 2.90. The average Bonchev–Trinajstić information content (AvgIpc) is 1.65. The van der Waals surface area contributed by atoms with Crippen LogP contribution in [0.4, 0.5) is 0 Å². The van der Waals surface area contributed by atoms with Gasteiger partial charge in [0, 0.05) is 5.73 Å². The van der Waals surface area contributed by atoms with Crippen LogP contribution in [-0.2, 0) is 0 Å². The van der Waals surface area contributed by atoms with E-state index in [1.165, 1.54) is 0 Å². The Morgan fingerprint density at radius 1 is 1.11 bits per heavy atom. The minimum absolute atomic E-state index is 0.0718. The van der Waals surface area contributed by atoms with E-state index in [1.54, 1.807) is 0 Å². The van der Waals surface area contributed by atoms with E-state index in [0.717, 1.165) is 0 Å². The highest BCUT2D eigenvalue weighted by Gasteiger charge is 2.30.